The molecule has 1 amide bonds. The van der Waals surface area contributed by atoms with E-state index in [0.717, 1.165) is 29.3 Å². The average molecular weight is 399 g/mol. The van der Waals surface area contributed by atoms with Gasteiger partial charge in [-0.15, -0.1) is 0 Å². The molecule has 0 radical (unpaired) electrons. The molecule has 0 atom stereocenters. The fourth-order valence-electron chi connectivity index (χ4n) is 3.32. The second kappa shape index (κ2) is 7.79. The number of para-hydroxylation sites is 1. The number of carbonyl (C=O) groups excluding carboxylic acids is 1. The standard InChI is InChI=1S/C21H19ClN2O2S/c22-17-12-14(10-11-18(17)25)13-19-20(26)24(16-8-2-1-3-9-16)21(27-19)23-15-6-4-5-7-15/h1-3,8-13,15,25H,4-7H2/b19-13-,23-21?. The highest BCUT2D eigenvalue weighted by Crippen LogP contribution is 2.38. The van der Waals surface area contributed by atoms with Crippen LogP contribution in [-0.4, -0.2) is 22.2 Å². The molecule has 2 aromatic rings. The quantitative estimate of drug-likeness (QED) is 0.698. The summed E-state index contributed by atoms with van der Waals surface area (Å²) < 4.78 is 0. The Bertz CT molecular complexity index is 921. The van der Waals surface area contributed by atoms with Gasteiger partial charge in [0.05, 0.1) is 21.7 Å². The smallest absolute Gasteiger partial charge is 0.271 e. The summed E-state index contributed by atoms with van der Waals surface area (Å²) in [5, 5.41) is 10.6. The molecule has 6 heteroatoms. The van der Waals surface area contributed by atoms with Gasteiger partial charge in [0.25, 0.3) is 5.91 Å². The minimum Gasteiger partial charge on any atom is -0.506 e. The summed E-state index contributed by atoms with van der Waals surface area (Å²) in [7, 11) is 0. The van der Waals surface area contributed by atoms with E-state index in [2.05, 4.69) is 0 Å². The van der Waals surface area contributed by atoms with E-state index in [-0.39, 0.29) is 22.7 Å². The van der Waals surface area contributed by atoms with Crippen molar-refractivity contribution < 1.29 is 9.90 Å². The lowest BCUT2D eigenvalue weighted by Crippen LogP contribution is -2.29. The molecular weight excluding hydrogens is 380 g/mol. The maximum absolute atomic E-state index is 13.1. The average Bonchev–Trinajstić information content (AvgIpc) is 3.28. The van der Waals surface area contributed by atoms with Crippen molar-refractivity contribution in [2.45, 2.75) is 31.7 Å². The first-order valence-corrected chi connectivity index (χ1v) is 10.2. The normalized spacial score (nSPS) is 20.9. The third kappa shape index (κ3) is 3.89. The molecule has 4 rings (SSSR count). The molecule has 27 heavy (non-hydrogen) atoms. The zero-order chi connectivity index (χ0) is 18.8. The molecule has 1 N–H and O–H groups in total. The lowest BCUT2D eigenvalue weighted by molar-refractivity contribution is -0.113. The zero-order valence-electron chi connectivity index (χ0n) is 14.6. The summed E-state index contributed by atoms with van der Waals surface area (Å²) in [6, 6.07) is 14.8. The summed E-state index contributed by atoms with van der Waals surface area (Å²) in [4.78, 5) is 20.3. The number of amidine groups is 1. The molecular formula is C21H19ClN2O2S. The molecule has 4 nitrogen and oxygen atoms in total. The van der Waals surface area contributed by atoms with Crippen molar-refractivity contribution in [3.63, 3.8) is 0 Å². The molecule has 0 bridgehead atoms. The second-order valence-corrected chi connectivity index (χ2v) is 8.06. The Balaban J connectivity index is 1.71. The molecule has 0 unspecified atom stereocenters. The van der Waals surface area contributed by atoms with Crippen LogP contribution in [0.4, 0.5) is 5.69 Å². The molecule has 1 saturated heterocycles. The summed E-state index contributed by atoms with van der Waals surface area (Å²) in [6.07, 6.45) is 6.34. The van der Waals surface area contributed by atoms with E-state index >= 15 is 0 Å². The van der Waals surface area contributed by atoms with Gasteiger partial charge in [0.15, 0.2) is 5.17 Å². The minimum atomic E-state index is -0.0906. The molecule has 1 aliphatic carbocycles. The van der Waals surface area contributed by atoms with Gasteiger partial charge in [-0.2, -0.15) is 0 Å². The first kappa shape index (κ1) is 18.1. The number of hydrogen-bond acceptors (Lipinski definition) is 4. The van der Waals surface area contributed by atoms with E-state index in [1.807, 2.05) is 30.3 Å². The number of aliphatic imine (C=N–C) groups is 1. The summed E-state index contributed by atoms with van der Waals surface area (Å²) in [5.41, 5.74) is 1.59. The fourth-order valence-corrected chi connectivity index (χ4v) is 4.56. The molecule has 2 aromatic carbocycles. The topological polar surface area (TPSA) is 52.9 Å². The van der Waals surface area contributed by atoms with Gasteiger partial charge in [-0.3, -0.25) is 14.7 Å². The van der Waals surface area contributed by atoms with Crippen molar-refractivity contribution in [2.24, 2.45) is 4.99 Å². The van der Waals surface area contributed by atoms with Crippen LogP contribution in [0.3, 0.4) is 0 Å². The first-order chi connectivity index (χ1) is 13.1. The van der Waals surface area contributed by atoms with Crippen LogP contribution in [0.15, 0.2) is 58.4 Å². The number of benzene rings is 2. The predicted octanol–water partition coefficient (Wildman–Crippen LogP) is 5.47. The highest BCUT2D eigenvalue weighted by atomic mass is 35.5. The van der Waals surface area contributed by atoms with Gasteiger partial charge in [-0.1, -0.05) is 48.7 Å². The third-order valence-corrected chi connectivity index (χ3v) is 5.99. The molecule has 1 heterocycles. The Hall–Kier alpha value is -2.24. The Morgan fingerprint density at radius 2 is 1.89 bits per heavy atom. The Morgan fingerprint density at radius 1 is 1.15 bits per heavy atom. The van der Waals surface area contributed by atoms with Crippen molar-refractivity contribution in [1.29, 1.82) is 0 Å². The van der Waals surface area contributed by atoms with E-state index in [9.17, 15) is 9.90 Å². The van der Waals surface area contributed by atoms with Gasteiger partial charge in [0, 0.05) is 0 Å². The van der Waals surface area contributed by atoms with E-state index < -0.39 is 0 Å². The molecule has 2 fully saturated rings. The SMILES string of the molecule is O=C1/C(=C/c2ccc(O)c(Cl)c2)SC(=NC2CCCC2)N1c1ccccc1. The van der Waals surface area contributed by atoms with Crippen molar-refractivity contribution in [3.8, 4) is 5.75 Å². The summed E-state index contributed by atoms with van der Waals surface area (Å²) in [5.74, 6) is -0.0641. The van der Waals surface area contributed by atoms with Gasteiger partial charge < -0.3 is 5.11 Å². The van der Waals surface area contributed by atoms with Gasteiger partial charge in [-0.05, 0) is 60.5 Å². The number of rotatable bonds is 3. The highest BCUT2D eigenvalue weighted by molar-refractivity contribution is 8.19. The molecule has 1 saturated carbocycles. The van der Waals surface area contributed by atoms with Crippen molar-refractivity contribution in [1.82, 2.24) is 0 Å². The first-order valence-electron chi connectivity index (χ1n) is 8.97. The number of nitrogens with zero attached hydrogens (tertiary/aromatic N) is 2. The third-order valence-electron chi connectivity index (χ3n) is 4.71. The van der Waals surface area contributed by atoms with Crippen molar-refractivity contribution in [2.75, 3.05) is 4.90 Å². The number of anilines is 1. The van der Waals surface area contributed by atoms with Gasteiger partial charge in [-0.25, -0.2) is 0 Å². The summed E-state index contributed by atoms with van der Waals surface area (Å²) >= 11 is 7.39. The maximum atomic E-state index is 13.1. The number of phenolic OH excluding ortho intramolecular Hbond substituents is 1. The molecule has 2 aliphatic rings. The van der Waals surface area contributed by atoms with Crippen LogP contribution in [-0.2, 0) is 4.79 Å². The van der Waals surface area contributed by atoms with Gasteiger partial charge >= 0.3 is 0 Å². The van der Waals surface area contributed by atoms with Crippen LogP contribution >= 0.6 is 23.4 Å². The Morgan fingerprint density at radius 3 is 2.59 bits per heavy atom. The monoisotopic (exact) mass is 398 g/mol. The number of carbonyl (C=O) groups is 1. The fraction of sp³-hybridized carbons (Fsp3) is 0.238. The van der Waals surface area contributed by atoms with E-state index in [4.69, 9.17) is 16.6 Å². The van der Waals surface area contributed by atoms with E-state index in [0.29, 0.717) is 4.91 Å². The largest absolute Gasteiger partial charge is 0.506 e. The molecule has 0 aromatic heterocycles. The zero-order valence-corrected chi connectivity index (χ0v) is 16.2. The van der Waals surface area contributed by atoms with E-state index in [1.54, 1.807) is 23.1 Å². The van der Waals surface area contributed by atoms with Crippen LogP contribution in [0.25, 0.3) is 6.08 Å². The number of aromatic hydroxyl groups is 1. The number of amides is 1. The lowest BCUT2D eigenvalue weighted by atomic mass is 10.2. The van der Waals surface area contributed by atoms with Gasteiger partial charge in [0.1, 0.15) is 5.75 Å². The molecule has 1 aliphatic heterocycles. The van der Waals surface area contributed by atoms with Crippen LogP contribution in [0, 0.1) is 0 Å². The van der Waals surface area contributed by atoms with Crippen LogP contribution in [0.5, 0.6) is 5.75 Å². The van der Waals surface area contributed by atoms with Crippen molar-refractivity contribution >= 4 is 46.2 Å². The number of phenols is 1. The molecule has 138 valence electrons. The molecule has 0 spiro atoms. The van der Waals surface area contributed by atoms with Gasteiger partial charge in [0.2, 0.25) is 0 Å². The Labute approximate surface area is 167 Å². The minimum absolute atomic E-state index is 0.0265. The van der Waals surface area contributed by atoms with Crippen molar-refractivity contribution in [3.05, 3.63) is 64.0 Å². The lowest BCUT2D eigenvalue weighted by Gasteiger charge is -2.16. The highest BCUT2D eigenvalue weighted by Gasteiger charge is 2.35. The summed E-state index contributed by atoms with van der Waals surface area (Å²) in [6.45, 7) is 0. The Kier molecular flexibility index (Phi) is 5.23. The van der Waals surface area contributed by atoms with Crippen LogP contribution in [0.2, 0.25) is 5.02 Å². The number of hydrogen-bond donors (Lipinski definition) is 1. The van der Waals surface area contributed by atoms with Crippen LogP contribution in [0.1, 0.15) is 31.2 Å². The second-order valence-electron chi connectivity index (χ2n) is 6.65. The maximum Gasteiger partial charge on any atom is 0.271 e. The number of halogens is 1. The number of thioether (sulfide) groups is 1. The van der Waals surface area contributed by atoms with Crippen LogP contribution < -0.4 is 4.90 Å². The predicted molar refractivity (Wildman–Crippen MR) is 112 cm³/mol. The van der Waals surface area contributed by atoms with E-state index in [1.165, 1.54) is 30.7 Å².